The quantitative estimate of drug-likeness (QED) is 0.680. The van der Waals surface area contributed by atoms with Crippen LogP contribution in [0, 0.1) is 5.41 Å². The van der Waals surface area contributed by atoms with E-state index in [-0.39, 0.29) is 6.04 Å². The van der Waals surface area contributed by atoms with Gasteiger partial charge < -0.3 is 30.7 Å². The molecular weight excluding hydrogens is 396 g/mol. The maximum absolute atomic E-state index is 3.83. The van der Waals surface area contributed by atoms with E-state index < -0.39 is 0 Å². The molecule has 5 aliphatic heterocycles. The number of likely N-dealkylation sites (tertiary alicyclic amines) is 1. The highest BCUT2D eigenvalue weighted by molar-refractivity contribution is 5.80. The molecule has 2 unspecified atom stereocenters. The molecule has 32 heavy (non-hydrogen) atoms. The number of para-hydroxylation sites is 1. The lowest BCUT2D eigenvalue weighted by Crippen LogP contribution is -2.47. The molecule has 3 N–H and O–H groups in total. The van der Waals surface area contributed by atoms with E-state index in [1.807, 2.05) is 0 Å². The number of hydrogen-bond donors (Lipinski definition) is 3. The van der Waals surface area contributed by atoms with Crippen molar-refractivity contribution in [1.29, 1.82) is 0 Å². The highest BCUT2D eigenvalue weighted by Crippen LogP contribution is 2.42. The first kappa shape index (κ1) is 20.2. The highest BCUT2D eigenvalue weighted by Gasteiger charge is 2.42. The van der Waals surface area contributed by atoms with Gasteiger partial charge in [0.15, 0.2) is 0 Å². The number of allylic oxidation sites excluding steroid dienone is 2. The third-order valence-electron chi connectivity index (χ3n) is 8.05. The second kappa shape index (κ2) is 8.16. The zero-order chi connectivity index (χ0) is 21.5. The molecule has 1 spiro atoms. The Morgan fingerprint density at radius 3 is 2.62 bits per heavy atom. The summed E-state index contributed by atoms with van der Waals surface area (Å²) < 4.78 is 0. The van der Waals surface area contributed by atoms with Crippen molar-refractivity contribution < 1.29 is 0 Å². The molecule has 5 heterocycles. The summed E-state index contributed by atoms with van der Waals surface area (Å²) in [4.78, 5) is 7.59. The lowest BCUT2D eigenvalue weighted by Gasteiger charge is -2.40. The molecule has 1 aromatic rings. The number of nitrogens with one attached hydrogen (secondary N) is 3. The Kier molecular flexibility index (Phi) is 5.15. The van der Waals surface area contributed by atoms with Crippen molar-refractivity contribution in [3.05, 3.63) is 59.5 Å². The van der Waals surface area contributed by atoms with Crippen LogP contribution < -0.4 is 16.0 Å². The molecule has 0 saturated carbocycles. The van der Waals surface area contributed by atoms with E-state index in [0.717, 1.165) is 32.7 Å². The Balaban J connectivity index is 1.28. The minimum absolute atomic E-state index is 0.237. The van der Waals surface area contributed by atoms with Gasteiger partial charge in [-0.15, -0.1) is 0 Å². The molecule has 6 nitrogen and oxygen atoms in total. The summed E-state index contributed by atoms with van der Waals surface area (Å²) in [5, 5.41) is 10.9. The Morgan fingerprint density at radius 1 is 0.938 bits per heavy atom. The zero-order valence-electron chi connectivity index (χ0n) is 19.2. The van der Waals surface area contributed by atoms with Gasteiger partial charge in [-0.3, -0.25) is 0 Å². The number of fused-ring (bicyclic) bond motifs is 1. The lowest BCUT2D eigenvalue weighted by atomic mass is 9.86. The summed E-state index contributed by atoms with van der Waals surface area (Å²) >= 11 is 0. The molecule has 0 aromatic heterocycles. The van der Waals surface area contributed by atoms with E-state index in [0.29, 0.717) is 5.41 Å². The van der Waals surface area contributed by atoms with Gasteiger partial charge in [0, 0.05) is 81.8 Å². The first-order valence-electron chi connectivity index (χ1n) is 12.3. The monoisotopic (exact) mass is 432 g/mol. The van der Waals surface area contributed by atoms with Crippen molar-refractivity contribution in [1.82, 2.24) is 25.3 Å². The Hall–Kier alpha value is -2.44. The van der Waals surface area contributed by atoms with Crippen LogP contribution in [-0.2, 0) is 0 Å². The molecule has 6 heteroatoms. The van der Waals surface area contributed by atoms with E-state index in [1.54, 1.807) is 0 Å². The largest absolute Gasteiger partial charge is 0.374 e. The van der Waals surface area contributed by atoms with Gasteiger partial charge in [0.2, 0.25) is 0 Å². The predicted octanol–water partition coefficient (Wildman–Crippen LogP) is 2.13. The van der Waals surface area contributed by atoms with Gasteiger partial charge in [0.1, 0.15) is 5.82 Å². The first-order chi connectivity index (χ1) is 15.7. The molecule has 3 fully saturated rings. The molecule has 6 rings (SSSR count). The number of rotatable bonds is 3. The van der Waals surface area contributed by atoms with Crippen molar-refractivity contribution in [2.24, 2.45) is 5.41 Å². The number of benzene rings is 1. The van der Waals surface area contributed by atoms with Gasteiger partial charge in [-0.1, -0.05) is 24.3 Å². The smallest absolute Gasteiger partial charge is 0.104 e. The molecule has 170 valence electrons. The fraction of sp³-hybridized carbons (Fsp3) is 0.538. The van der Waals surface area contributed by atoms with E-state index >= 15 is 0 Å². The van der Waals surface area contributed by atoms with Crippen LogP contribution in [0.4, 0.5) is 5.69 Å². The first-order valence-corrected chi connectivity index (χ1v) is 12.3. The summed E-state index contributed by atoms with van der Waals surface area (Å²) in [6, 6.07) is 9.09. The number of anilines is 1. The van der Waals surface area contributed by atoms with Gasteiger partial charge in [-0.2, -0.15) is 0 Å². The SMILES string of the molecule is CN1CC(C2C=C(N3CCC4(CCNC4)C3)c3ccccc3N2)=CC=C1N1CCNCC1. The maximum Gasteiger partial charge on any atom is 0.104 e. The number of piperazine rings is 1. The summed E-state index contributed by atoms with van der Waals surface area (Å²) in [5.74, 6) is 1.35. The van der Waals surface area contributed by atoms with E-state index in [9.17, 15) is 0 Å². The van der Waals surface area contributed by atoms with Gasteiger partial charge in [0.25, 0.3) is 0 Å². The Bertz CT molecular complexity index is 951. The van der Waals surface area contributed by atoms with Crippen LogP contribution in [0.25, 0.3) is 5.70 Å². The van der Waals surface area contributed by atoms with Crippen LogP contribution in [0.1, 0.15) is 18.4 Å². The van der Waals surface area contributed by atoms with Crippen molar-refractivity contribution in [3.8, 4) is 0 Å². The van der Waals surface area contributed by atoms with Crippen LogP contribution in [-0.4, -0.2) is 86.7 Å². The van der Waals surface area contributed by atoms with Crippen LogP contribution in [0.15, 0.2) is 53.9 Å². The van der Waals surface area contributed by atoms with Crippen LogP contribution in [0.2, 0.25) is 0 Å². The molecule has 0 aliphatic carbocycles. The molecule has 0 bridgehead atoms. The second-order valence-electron chi connectivity index (χ2n) is 10.2. The zero-order valence-corrected chi connectivity index (χ0v) is 19.2. The summed E-state index contributed by atoms with van der Waals surface area (Å²) in [5.41, 5.74) is 5.96. The number of likely N-dealkylation sites (N-methyl/N-ethyl adjacent to an activating group) is 1. The van der Waals surface area contributed by atoms with Crippen molar-refractivity contribution in [2.45, 2.75) is 18.9 Å². The van der Waals surface area contributed by atoms with Gasteiger partial charge in [-0.25, -0.2) is 0 Å². The van der Waals surface area contributed by atoms with E-state index in [1.165, 1.54) is 67.4 Å². The maximum atomic E-state index is 3.83. The number of hydrogen-bond acceptors (Lipinski definition) is 6. The minimum Gasteiger partial charge on any atom is -0.374 e. The molecule has 5 aliphatic rings. The summed E-state index contributed by atoms with van der Waals surface area (Å²) in [6.07, 6.45) is 9.81. The van der Waals surface area contributed by atoms with Gasteiger partial charge in [0.05, 0.1) is 6.04 Å². The molecule has 0 amide bonds. The third kappa shape index (κ3) is 3.59. The van der Waals surface area contributed by atoms with Crippen LogP contribution in [0.5, 0.6) is 0 Å². The van der Waals surface area contributed by atoms with E-state index in [4.69, 9.17) is 0 Å². The fourth-order valence-electron chi connectivity index (χ4n) is 6.21. The highest BCUT2D eigenvalue weighted by atomic mass is 15.3. The summed E-state index contributed by atoms with van der Waals surface area (Å²) in [7, 11) is 2.24. The minimum atomic E-state index is 0.237. The average molecular weight is 433 g/mol. The third-order valence-corrected chi connectivity index (χ3v) is 8.05. The predicted molar refractivity (Wildman–Crippen MR) is 131 cm³/mol. The molecule has 2 atom stereocenters. The van der Waals surface area contributed by atoms with E-state index in [2.05, 4.69) is 80.2 Å². The Labute approximate surface area is 192 Å². The van der Waals surface area contributed by atoms with Gasteiger partial charge >= 0.3 is 0 Å². The van der Waals surface area contributed by atoms with Crippen LogP contribution in [0.3, 0.4) is 0 Å². The average Bonchev–Trinajstić information content (AvgIpc) is 3.48. The summed E-state index contributed by atoms with van der Waals surface area (Å²) in [6.45, 7) is 9.98. The number of nitrogens with zero attached hydrogens (tertiary/aromatic N) is 3. The Morgan fingerprint density at radius 2 is 1.81 bits per heavy atom. The molecule has 1 aromatic carbocycles. The molecule has 3 saturated heterocycles. The molecule has 0 radical (unpaired) electrons. The normalized spacial score (nSPS) is 30.1. The van der Waals surface area contributed by atoms with Gasteiger partial charge in [-0.05, 0) is 43.2 Å². The fourth-order valence-corrected chi connectivity index (χ4v) is 6.21. The second-order valence-corrected chi connectivity index (χ2v) is 10.2. The lowest BCUT2D eigenvalue weighted by molar-refractivity contribution is 0.217. The van der Waals surface area contributed by atoms with Crippen molar-refractivity contribution >= 4 is 11.4 Å². The van der Waals surface area contributed by atoms with Crippen molar-refractivity contribution in [2.75, 3.05) is 71.3 Å². The van der Waals surface area contributed by atoms with Crippen LogP contribution >= 0.6 is 0 Å². The molecular formula is C26H36N6. The standard InChI is InChI=1S/C26H36N6/c1-30-17-20(6-7-25(30)31-14-11-27-12-15-31)23-16-24(21-4-2-3-5-22(21)29-23)32-13-9-26(19-32)8-10-28-18-26/h2-7,16,23,27-29H,8-15,17-19H2,1H3. The topological polar surface area (TPSA) is 45.8 Å². The van der Waals surface area contributed by atoms with Crippen molar-refractivity contribution in [3.63, 3.8) is 0 Å².